The maximum atomic E-state index is 11.4. The highest BCUT2D eigenvalue weighted by Crippen LogP contribution is 2.25. The van der Waals surface area contributed by atoms with Gasteiger partial charge in [0.05, 0.1) is 12.7 Å². The molecule has 0 aliphatic carbocycles. The van der Waals surface area contributed by atoms with E-state index in [1.807, 2.05) is 12.1 Å². The summed E-state index contributed by atoms with van der Waals surface area (Å²) in [6, 6.07) is 13.4. The van der Waals surface area contributed by atoms with Crippen LogP contribution in [0.5, 0.6) is 11.5 Å². The lowest BCUT2D eigenvalue weighted by atomic mass is 10.1. The van der Waals surface area contributed by atoms with Gasteiger partial charge in [0.25, 0.3) is 0 Å². The predicted octanol–water partition coefficient (Wildman–Crippen LogP) is 3.79. The van der Waals surface area contributed by atoms with E-state index in [1.54, 1.807) is 25.3 Å². The molecule has 0 aliphatic heterocycles. The average Bonchev–Trinajstić information content (AvgIpc) is 2.46. The zero-order valence-corrected chi connectivity index (χ0v) is 12.0. The Morgan fingerprint density at radius 2 is 1.80 bits per heavy atom. The van der Waals surface area contributed by atoms with Gasteiger partial charge in [-0.25, -0.2) is 0 Å². The third-order valence-corrected chi connectivity index (χ3v) is 3.08. The summed E-state index contributed by atoms with van der Waals surface area (Å²) in [6.07, 6.45) is 0. The molecular formula is C17H18O3. The Bertz CT molecular complexity index is 600. The number of ketones is 1. The highest BCUT2D eigenvalue weighted by molar-refractivity contribution is 5.97. The first kappa shape index (κ1) is 14.1. The molecule has 3 nitrogen and oxygen atoms in total. The molecule has 0 unspecified atom stereocenters. The van der Waals surface area contributed by atoms with Gasteiger partial charge in [-0.15, -0.1) is 0 Å². The number of rotatable bonds is 5. The minimum Gasteiger partial charge on any atom is -0.496 e. The first-order valence-corrected chi connectivity index (χ1v) is 6.47. The summed E-state index contributed by atoms with van der Waals surface area (Å²) in [5, 5.41) is 0. The van der Waals surface area contributed by atoms with Crippen molar-refractivity contribution in [2.24, 2.45) is 0 Å². The molecule has 0 amide bonds. The fourth-order valence-electron chi connectivity index (χ4n) is 1.90. The molecule has 0 bridgehead atoms. The van der Waals surface area contributed by atoms with Crippen molar-refractivity contribution < 1.29 is 14.3 Å². The van der Waals surface area contributed by atoms with E-state index in [2.05, 4.69) is 19.1 Å². The summed E-state index contributed by atoms with van der Waals surface area (Å²) in [4.78, 5) is 11.4. The monoisotopic (exact) mass is 270 g/mol. The second kappa shape index (κ2) is 6.24. The molecule has 0 fully saturated rings. The SMILES string of the molecule is COc1cc(OCc2ccc(C)cc2)ccc1C(C)=O. The van der Waals surface area contributed by atoms with Crippen molar-refractivity contribution >= 4 is 5.78 Å². The minimum atomic E-state index is -0.0214. The Hall–Kier alpha value is -2.29. The molecule has 0 radical (unpaired) electrons. The zero-order valence-electron chi connectivity index (χ0n) is 12.0. The lowest BCUT2D eigenvalue weighted by molar-refractivity contribution is 0.101. The van der Waals surface area contributed by atoms with Crippen LogP contribution in [0.15, 0.2) is 42.5 Å². The molecule has 0 N–H and O–H groups in total. The van der Waals surface area contributed by atoms with Crippen molar-refractivity contribution in [1.29, 1.82) is 0 Å². The van der Waals surface area contributed by atoms with Crippen LogP contribution in [0, 0.1) is 6.92 Å². The molecule has 0 spiro atoms. The van der Waals surface area contributed by atoms with Crippen molar-refractivity contribution in [3.8, 4) is 11.5 Å². The summed E-state index contributed by atoms with van der Waals surface area (Å²) in [7, 11) is 1.55. The van der Waals surface area contributed by atoms with Crippen molar-refractivity contribution in [2.75, 3.05) is 7.11 Å². The number of ether oxygens (including phenoxy) is 2. The quantitative estimate of drug-likeness (QED) is 0.775. The van der Waals surface area contributed by atoms with Crippen LogP contribution < -0.4 is 9.47 Å². The minimum absolute atomic E-state index is 0.0214. The van der Waals surface area contributed by atoms with Crippen molar-refractivity contribution in [3.63, 3.8) is 0 Å². The molecule has 2 aromatic carbocycles. The van der Waals surface area contributed by atoms with Crippen LogP contribution in [0.3, 0.4) is 0 Å². The zero-order chi connectivity index (χ0) is 14.5. The van der Waals surface area contributed by atoms with E-state index >= 15 is 0 Å². The normalized spacial score (nSPS) is 10.2. The second-order valence-corrected chi connectivity index (χ2v) is 4.69. The van der Waals surface area contributed by atoms with E-state index in [4.69, 9.17) is 9.47 Å². The molecule has 3 heteroatoms. The lowest BCUT2D eigenvalue weighted by Crippen LogP contribution is -2.00. The number of carbonyl (C=O) groups is 1. The highest BCUT2D eigenvalue weighted by atomic mass is 16.5. The third kappa shape index (κ3) is 3.38. The fraction of sp³-hybridized carbons (Fsp3) is 0.235. The summed E-state index contributed by atoms with van der Waals surface area (Å²) < 4.78 is 10.9. The first-order chi connectivity index (χ1) is 9.60. The number of hydrogen-bond acceptors (Lipinski definition) is 3. The Labute approximate surface area is 119 Å². The second-order valence-electron chi connectivity index (χ2n) is 4.69. The van der Waals surface area contributed by atoms with Gasteiger partial charge in [0.2, 0.25) is 0 Å². The van der Waals surface area contributed by atoms with E-state index in [9.17, 15) is 4.79 Å². The summed E-state index contributed by atoms with van der Waals surface area (Å²) in [5.41, 5.74) is 2.89. The number of carbonyl (C=O) groups excluding carboxylic acids is 1. The predicted molar refractivity (Wildman–Crippen MR) is 78.5 cm³/mol. The van der Waals surface area contributed by atoms with Crippen LogP contribution in [0.4, 0.5) is 0 Å². The van der Waals surface area contributed by atoms with Crippen LogP contribution in [-0.2, 0) is 6.61 Å². The fourth-order valence-corrected chi connectivity index (χ4v) is 1.90. The van der Waals surface area contributed by atoms with Gasteiger partial charge < -0.3 is 9.47 Å². The molecule has 2 rings (SSSR count). The van der Waals surface area contributed by atoms with E-state index in [0.29, 0.717) is 23.7 Å². The van der Waals surface area contributed by atoms with Crippen LogP contribution in [0.2, 0.25) is 0 Å². The molecule has 0 aliphatic rings. The van der Waals surface area contributed by atoms with Gasteiger partial charge in [-0.1, -0.05) is 29.8 Å². The molecule has 0 saturated carbocycles. The average molecular weight is 270 g/mol. The molecule has 20 heavy (non-hydrogen) atoms. The van der Waals surface area contributed by atoms with Gasteiger partial charge in [-0.05, 0) is 31.5 Å². The van der Waals surface area contributed by atoms with Crippen LogP contribution in [-0.4, -0.2) is 12.9 Å². The molecule has 0 aromatic heterocycles. The summed E-state index contributed by atoms with van der Waals surface area (Å²) in [6.45, 7) is 4.06. The topological polar surface area (TPSA) is 35.5 Å². The van der Waals surface area contributed by atoms with E-state index in [-0.39, 0.29) is 5.78 Å². The highest BCUT2D eigenvalue weighted by Gasteiger charge is 2.09. The van der Waals surface area contributed by atoms with Crippen LogP contribution in [0.25, 0.3) is 0 Å². The molecule has 104 valence electrons. The van der Waals surface area contributed by atoms with Crippen LogP contribution in [0.1, 0.15) is 28.4 Å². The molecule has 0 heterocycles. The van der Waals surface area contributed by atoms with Gasteiger partial charge in [-0.2, -0.15) is 0 Å². The van der Waals surface area contributed by atoms with E-state index in [1.165, 1.54) is 12.5 Å². The van der Waals surface area contributed by atoms with Crippen molar-refractivity contribution in [1.82, 2.24) is 0 Å². The van der Waals surface area contributed by atoms with Gasteiger partial charge in [0.1, 0.15) is 18.1 Å². The number of Topliss-reactive ketones (excluding diaryl/α,β-unsaturated/α-hetero) is 1. The Morgan fingerprint density at radius 1 is 1.10 bits per heavy atom. The first-order valence-electron chi connectivity index (χ1n) is 6.47. The Morgan fingerprint density at radius 3 is 2.40 bits per heavy atom. The smallest absolute Gasteiger partial charge is 0.163 e. The Kier molecular flexibility index (Phi) is 4.41. The van der Waals surface area contributed by atoms with E-state index < -0.39 is 0 Å². The lowest BCUT2D eigenvalue weighted by Gasteiger charge is -2.10. The molecular weight excluding hydrogens is 252 g/mol. The van der Waals surface area contributed by atoms with E-state index in [0.717, 1.165) is 5.56 Å². The summed E-state index contributed by atoms with van der Waals surface area (Å²) in [5.74, 6) is 1.21. The summed E-state index contributed by atoms with van der Waals surface area (Å²) >= 11 is 0. The number of benzene rings is 2. The number of methoxy groups -OCH3 is 1. The van der Waals surface area contributed by atoms with Gasteiger partial charge in [-0.3, -0.25) is 4.79 Å². The molecule has 2 aromatic rings. The number of hydrogen-bond donors (Lipinski definition) is 0. The van der Waals surface area contributed by atoms with Crippen LogP contribution >= 0.6 is 0 Å². The largest absolute Gasteiger partial charge is 0.496 e. The third-order valence-electron chi connectivity index (χ3n) is 3.08. The Balaban J connectivity index is 2.10. The van der Waals surface area contributed by atoms with Gasteiger partial charge in [0, 0.05) is 6.07 Å². The molecule has 0 saturated heterocycles. The molecule has 0 atom stereocenters. The standard InChI is InChI=1S/C17H18O3/c1-12-4-6-14(7-5-12)11-20-15-8-9-16(13(2)18)17(10-15)19-3/h4-10H,11H2,1-3H3. The maximum Gasteiger partial charge on any atom is 0.163 e. The van der Waals surface area contributed by atoms with Gasteiger partial charge >= 0.3 is 0 Å². The number of aryl methyl sites for hydroxylation is 1. The van der Waals surface area contributed by atoms with Crippen molar-refractivity contribution in [3.05, 3.63) is 59.2 Å². The van der Waals surface area contributed by atoms with Gasteiger partial charge in [0.15, 0.2) is 5.78 Å². The maximum absolute atomic E-state index is 11.4. The van der Waals surface area contributed by atoms with Crippen molar-refractivity contribution in [2.45, 2.75) is 20.5 Å².